The Morgan fingerprint density at radius 2 is 1.03 bits per heavy atom. The Morgan fingerprint density at radius 1 is 0.517 bits per heavy atom. The molecular weight excluding hydrogens is 356 g/mol. The van der Waals surface area contributed by atoms with Gasteiger partial charge in [0.05, 0.1) is 33.5 Å². The van der Waals surface area contributed by atoms with Gasteiger partial charge in [-0.15, -0.1) is 0 Å². The van der Waals surface area contributed by atoms with Crippen molar-refractivity contribution in [2.45, 2.75) is 7.43 Å². The Labute approximate surface area is 166 Å². The third-order valence-electron chi connectivity index (χ3n) is 5.66. The molecule has 7 rings (SSSR count). The van der Waals surface area contributed by atoms with E-state index >= 15 is 0 Å². The first kappa shape index (κ1) is 16.1. The molecule has 0 aliphatic heterocycles. The molecule has 3 heterocycles. The summed E-state index contributed by atoms with van der Waals surface area (Å²) >= 11 is 0. The number of fused-ring (bicyclic) bond motifs is 9. The average molecular weight is 372 g/mol. The summed E-state index contributed by atoms with van der Waals surface area (Å²) in [4.78, 5) is 19.5. The smallest absolute Gasteiger partial charge is 0.0996 e. The van der Waals surface area contributed by atoms with Gasteiger partial charge in [0.2, 0.25) is 0 Å². The quantitative estimate of drug-likeness (QED) is 0.299. The third-order valence-corrected chi connectivity index (χ3v) is 5.66. The summed E-state index contributed by atoms with van der Waals surface area (Å²) in [6.45, 7) is 0. The summed E-state index contributed by atoms with van der Waals surface area (Å²) in [7, 11) is 0. The molecule has 0 unspecified atom stereocenters. The van der Waals surface area contributed by atoms with E-state index in [1.807, 2.05) is 12.1 Å². The molecule has 1 aliphatic rings. The molecule has 136 valence electrons. The van der Waals surface area contributed by atoms with Crippen LogP contribution in [0, 0.1) is 0 Å². The predicted molar refractivity (Wildman–Crippen MR) is 119 cm³/mol. The number of pyridine rings is 2. The van der Waals surface area contributed by atoms with Crippen molar-refractivity contribution in [3.8, 4) is 22.5 Å². The van der Waals surface area contributed by atoms with E-state index in [2.05, 4.69) is 58.5 Å². The molecule has 0 N–H and O–H groups in total. The van der Waals surface area contributed by atoms with Gasteiger partial charge in [0.25, 0.3) is 0 Å². The summed E-state index contributed by atoms with van der Waals surface area (Å²) in [5.41, 5.74) is 7.71. The maximum absolute atomic E-state index is 5.14. The van der Waals surface area contributed by atoms with Crippen molar-refractivity contribution in [1.29, 1.82) is 0 Å². The maximum Gasteiger partial charge on any atom is 0.0996 e. The third kappa shape index (κ3) is 1.93. The van der Waals surface area contributed by atoms with Gasteiger partial charge in [-0.1, -0.05) is 43.8 Å². The molecule has 0 atom stereocenters. The first-order valence-electron chi connectivity index (χ1n) is 9.26. The van der Waals surface area contributed by atoms with Crippen LogP contribution in [0.3, 0.4) is 0 Å². The van der Waals surface area contributed by atoms with Gasteiger partial charge >= 0.3 is 0 Å². The first-order chi connectivity index (χ1) is 13.9. The second-order valence-electron chi connectivity index (χ2n) is 7.13. The Morgan fingerprint density at radius 3 is 1.55 bits per heavy atom. The number of aromatic nitrogens is 4. The monoisotopic (exact) mass is 372 g/mol. The van der Waals surface area contributed by atoms with Crippen LogP contribution in [0.4, 0.5) is 0 Å². The van der Waals surface area contributed by atoms with Gasteiger partial charge in [0.1, 0.15) is 0 Å². The highest BCUT2D eigenvalue weighted by Crippen LogP contribution is 2.46. The molecule has 6 aromatic rings. The normalized spacial score (nSPS) is 11.9. The molecule has 29 heavy (non-hydrogen) atoms. The highest BCUT2D eigenvalue weighted by molar-refractivity contribution is 6.22. The second kappa shape index (κ2) is 5.55. The van der Waals surface area contributed by atoms with Crippen LogP contribution in [0.1, 0.15) is 7.43 Å². The van der Waals surface area contributed by atoms with Gasteiger partial charge in [0, 0.05) is 39.7 Å². The van der Waals surface area contributed by atoms with E-state index in [9.17, 15) is 0 Å². The Balaban J connectivity index is 0.00000165. The van der Waals surface area contributed by atoms with Crippen molar-refractivity contribution in [3.05, 3.63) is 73.1 Å². The molecule has 3 aromatic carbocycles. The van der Waals surface area contributed by atoms with Crippen molar-refractivity contribution in [1.82, 2.24) is 19.9 Å². The van der Waals surface area contributed by atoms with Crippen LogP contribution in [0.25, 0.3) is 66.1 Å². The summed E-state index contributed by atoms with van der Waals surface area (Å²) in [5, 5.41) is 4.43. The zero-order chi connectivity index (χ0) is 18.2. The highest BCUT2D eigenvalue weighted by atomic mass is 14.9. The van der Waals surface area contributed by atoms with Crippen molar-refractivity contribution >= 4 is 43.6 Å². The zero-order valence-corrected chi connectivity index (χ0v) is 14.7. The molecule has 0 saturated heterocycles. The number of benzene rings is 3. The lowest BCUT2D eigenvalue weighted by Gasteiger charge is -2.09. The van der Waals surface area contributed by atoms with Gasteiger partial charge < -0.3 is 0 Å². The molecule has 0 radical (unpaired) electrons. The molecule has 0 amide bonds. The van der Waals surface area contributed by atoms with E-state index in [-0.39, 0.29) is 7.43 Å². The molecule has 0 spiro atoms. The molecular formula is C25H16N4. The Kier molecular flexibility index (Phi) is 3.08. The lowest BCUT2D eigenvalue weighted by Crippen LogP contribution is -1.95. The zero-order valence-electron chi connectivity index (χ0n) is 14.7. The van der Waals surface area contributed by atoms with Crippen LogP contribution < -0.4 is 0 Å². The van der Waals surface area contributed by atoms with E-state index in [1.54, 1.807) is 12.4 Å². The Bertz CT molecular complexity index is 1500. The fourth-order valence-electron chi connectivity index (χ4n) is 4.49. The van der Waals surface area contributed by atoms with Crippen molar-refractivity contribution in [3.63, 3.8) is 0 Å². The summed E-state index contributed by atoms with van der Waals surface area (Å²) in [5.74, 6) is 0. The van der Waals surface area contributed by atoms with Crippen LogP contribution in [0.5, 0.6) is 0 Å². The van der Waals surface area contributed by atoms with Gasteiger partial charge in [-0.25, -0.2) is 9.97 Å². The lowest BCUT2D eigenvalue weighted by molar-refractivity contribution is 1.32. The number of nitrogens with zero attached hydrogens (tertiary/aromatic N) is 4. The molecule has 0 fully saturated rings. The molecule has 0 bridgehead atoms. The summed E-state index contributed by atoms with van der Waals surface area (Å²) in [6, 6.07) is 20.8. The SMILES string of the molecule is C.c1cc2c3c(cccc3c1)-c1nc3c4cccnc4c4ncccc4c3nc1-2. The van der Waals surface area contributed by atoms with Crippen LogP contribution in [0.2, 0.25) is 0 Å². The van der Waals surface area contributed by atoms with Crippen molar-refractivity contribution in [2.24, 2.45) is 0 Å². The van der Waals surface area contributed by atoms with E-state index < -0.39 is 0 Å². The Hall–Kier alpha value is -3.92. The largest absolute Gasteiger partial charge is 0.254 e. The maximum atomic E-state index is 5.14. The highest BCUT2D eigenvalue weighted by Gasteiger charge is 2.25. The average Bonchev–Trinajstić information content (AvgIpc) is 3.08. The van der Waals surface area contributed by atoms with Gasteiger partial charge in [-0.3, -0.25) is 9.97 Å². The molecule has 1 aliphatic carbocycles. The van der Waals surface area contributed by atoms with Crippen molar-refractivity contribution < 1.29 is 0 Å². The number of rotatable bonds is 0. The first-order valence-corrected chi connectivity index (χ1v) is 9.26. The predicted octanol–water partition coefficient (Wildman–Crippen LogP) is 6.16. The fourth-order valence-corrected chi connectivity index (χ4v) is 4.49. The fraction of sp³-hybridized carbons (Fsp3) is 0.0400. The van der Waals surface area contributed by atoms with Gasteiger partial charge in [-0.2, -0.15) is 0 Å². The number of hydrogen-bond acceptors (Lipinski definition) is 4. The van der Waals surface area contributed by atoms with Crippen LogP contribution >= 0.6 is 0 Å². The van der Waals surface area contributed by atoms with Crippen LogP contribution in [-0.2, 0) is 0 Å². The van der Waals surface area contributed by atoms with Gasteiger partial charge in [0.15, 0.2) is 0 Å². The minimum absolute atomic E-state index is 0. The number of hydrogen-bond donors (Lipinski definition) is 0. The minimum Gasteiger partial charge on any atom is -0.254 e. The standard InChI is InChI=1S/C24H12N4.CH4/c1-5-13-6-2-8-15-18(13)14(7-1)21-22(15)28-24-17-10-4-12-26-20(17)19-16(23(24)27-21)9-3-11-25-19;/h1-12H;1H4. The van der Waals surface area contributed by atoms with E-state index in [4.69, 9.17) is 9.97 Å². The van der Waals surface area contributed by atoms with E-state index in [0.717, 1.165) is 55.4 Å². The van der Waals surface area contributed by atoms with Crippen LogP contribution in [-0.4, -0.2) is 19.9 Å². The van der Waals surface area contributed by atoms with Crippen LogP contribution in [0.15, 0.2) is 73.1 Å². The van der Waals surface area contributed by atoms with Crippen molar-refractivity contribution in [2.75, 3.05) is 0 Å². The summed E-state index contributed by atoms with van der Waals surface area (Å²) < 4.78 is 0. The topological polar surface area (TPSA) is 51.6 Å². The van der Waals surface area contributed by atoms with E-state index in [0.29, 0.717) is 0 Å². The molecule has 4 heteroatoms. The molecule has 3 aromatic heterocycles. The van der Waals surface area contributed by atoms with Gasteiger partial charge in [-0.05, 0) is 29.7 Å². The molecule has 4 nitrogen and oxygen atoms in total. The summed E-state index contributed by atoms with van der Waals surface area (Å²) in [6.07, 6.45) is 3.61. The second-order valence-corrected chi connectivity index (χ2v) is 7.13. The lowest BCUT2D eigenvalue weighted by atomic mass is 10.0. The minimum atomic E-state index is 0. The molecule has 0 saturated carbocycles. The van der Waals surface area contributed by atoms with E-state index in [1.165, 1.54) is 10.8 Å².